The number of hydrogen-bond acceptors (Lipinski definition) is 2. The molecule has 1 aromatic rings. The van der Waals surface area contributed by atoms with Crippen molar-refractivity contribution >= 4 is 21.9 Å². The summed E-state index contributed by atoms with van der Waals surface area (Å²) < 4.78 is 13.5. The quantitative estimate of drug-likeness (QED) is 0.876. The Morgan fingerprint density at radius 2 is 2.22 bits per heavy atom. The SMILES string of the molecule is CCN(Cc1ccc(F)c(Br)c1)CC(C)C(=O)O. The lowest BCUT2D eigenvalue weighted by atomic mass is 10.1. The van der Waals surface area contributed by atoms with Gasteiger partial charge in [-0.1, -0.05) is 19.9 Å². The number of benzene rings is 1. The molecule has 0 aliphatic rings. The first-order valence-corrected chi connectivity index (χ1v) is 6.62. The highest BCUT2D eigenvalue weighted by Gasteiger charge is 2.15. The molecule has 0 radical (unpaired) electrons. The molecule has 0 aromatic heterocycles. The molecule has 0 heterocycles. The molecule has 0 saturated heterocycles. The average molecular weight is 318 g/mol. The van der Waals surface area contributed by atoms with Gasteiger partial charge in [0.2, 0.25) is 0 Å². The van der Waals surface area contributed by atoms with E-state index in [9.17, 15) is 9.18 Å². The second-order valence-electron chi connectivity index (χ2n) is 4.32. The van der Waals surface area contributed by atoms with Gasteiger partial charge in [0.05, 0.1) is 10.4 Å². The lowest BCUT2D eigenvalue weighted by Gasteiger charge is -2.22. The number of rotatable bonds is 6. The Bertz CT molecular complexity index is 425. The number of carboxylic acids is 1. The molecule has 3 nitrogen and oxygen atoms in total. The predicted molar refractivity (Wildman–Crippen MR) is 71.9 cm³/mol. The van der Waals surface area contributed by atoms with Crippen LogP contribution in [-0.4, -0.2) is 29.1 Å². The molecule has 0 bridgehead atoms. The third-order valence-electron chi connectivity index (χ3n) is 2.79. The molecule has 0 aliphatic heterocycles. The molecule has 1 atom stereocenters. The van der Waals surface area contributed by atoms with Crippen molar-refractivity contribution in [2.24, 2.45) is 5.92 Å². The van der Waals surface area contributed by atoms with Crippen LogP contribution in [0.4, 0.5) is 4.39 Å². The average Bonchev–Trinajstić information content (AvgIpc) is 2.32. The second-order valence-corrected chi connectivity index (χ2v) is 5.17. The van der Waals surface area contributed by atoms with Crippen molar-refractivity contribution in [2.75, 3.05) is 13.1 Å². The van der Waals surface area contributed by atoms with Crippen LogP contribution in [0.1, 0.15) is 19.4 Å². The maximum atomic E-state index is 13.1. The number of nitrogens with zero attached hydrogens (tertiary/aromatic N) is 1. The van der Waals surface area contributed by atoms with E-state index in [4.69, 9.17) is 5.11 Å². The summed E-state index contributed by atoms with van der Waals surface area (Å²) in [6.45, 7) is 5.53. The van der Waals surface area contributed by atoms with Crippen LogP contribution in [-0.2, 0) is 11.3 Å². The van der Waals surface area contributed by atoms with Crippen LogP contribution in [0.25, 0.3) is 0 Å². The van der Waals surface area contributed by atoms with Crippen molar-refractivity contribution in [3.05, 3.63) is 34.1 Å². The number of hydrogen-bond donors (Lipinski definition) is 1. The summed E-state index contributed by atoms with van der Waals surface area (Å²) in [6.07, 6.45) is 0. The third kappa shape index (κ3) is 4.38. The number of carboxylic acid groups (broad SMARTS) is 1. The standard InChI is InChI=1S/C13H17BrFNO2/c1-3-16(7-9(2)13(17)18)8-10-4-5-12(15)11(14)6-10/h4-6,9H,3,7-8H2,1-2H3,(H,17,18). The summed E-state index contributed by atoms with van der Waals surface area (Å²) >= 11 is 3.14. The van der Waals surface area contributed by atoms with Crippen molar-refractivity contribution in [1.29, 1.82) is 0 Å². The van der Waals surface area contributed by atoms with Crippen LogP contribution in [0.3, 0.4) is 0 Å². The van der Waals surface area contributed by atoms with Gasteiger partial charge in [-0.15, -0.1) is 0 Å². The Hall–Kier alpha value is -0.940. The van der Waals surface area contributed by atoms with E-state index in [1.165, 1.54) is 6.07 Å². The summed E-state index contributed by atoms with van der Waals surface area (Å²) in [5.74, 6) is -1.50. The monoisotopic (exact) mass is 317 g/mol. The van der Waals surface area contributed by atoms with Crippen molar-refractivity contribution in [1.82, 2.24) is 4.90 Å². The number of halogens is 2. The van der Waals surface area contributed by atoms with E-state index < -0.39 is 11.9 Å². The van der Waals surface area contributed by atoms with Crippen molar-refractivity contribution in [2.45, 2.75) is 20.4 Å². The van der Waals surface area contributed by atoms with Gasteiger partial charge in [0.1, 0.15) is 5.82 Å². The zero-order valence-electron chi connectivity index (χ0n) is 10.5. The van der Waals surface area contributed by atoms with Gasteiger partial charge in [-0.05, 0) is 40.2 Å². The van der Waals surface area contributed by atoms with Crippen LogP contribution in [0.5, 0.6) is 0 Å². The van der Waals surface area contributed by atoms with Gasteiger partial charge >= 0.3 is 5.97 Å². The van der Waals surface area contributed by atoms with Crippen LogP contribution in [0.15, 0.2) is 22.7 Å². The normalized spacial score (nSPS) is 12.7. The van der Waals surface area contributed by atoms with Gasteiger partial charge in [-0.2, -0.15) is 0 Å². The number of carbonyl (C=O) groups is 1. The first kappa shape index (κ1) is 15.1. The minimum absolute atomic E-state index is 0.291. The van der Waals surface area contributed by atoms with E-state index in [1.54, 1.807) is 19.1 Å². The molecule has 0 spiro atoms. The molecule has 5 heteroatoms. The van der Waals surface area contributed by atoms with E-state index >= 15 is 0 Å². The van der Waals surface area contributed by atoms with E-state index in [2.05, 4.69) is 15.9 Å². The Kier molecular flexibility index (Phi) is 5.75. The summed E-state index contributed by atoms with van der Waals surface area (Å²) in [5.41, 5.74) is 0.961. The summed E-state index contributed by atoms with van der Waals surface area (Å²) in [6, 6.07) is 4.85. The molecule has 1 aromatic carbocycles. The number of aliphatic carboxylic acids is 1. The first-order valence-electron chi connectivity index (χ1n) is 5.83. The lowest BCUT2D eigenvalue weighted by molar-refractivity contribution is -0.141. The highest BCUT2D eigenvalue weighted by atomic mass is 79.9. The molecule has 1 rings (SSSR count). The Morgan fingerprint density at radius 3 is 2.72 bits per heavy atom. The fourth-order valence-electron chi connectivity index (χ4n) is 1.67. The van der Waals surface area contributed by atoms with Gasteiger partial charge in [-0.25, -0.2) is 4.39 Å². The Labute approximate surface area is 115 Å². The molecule has 100 valence electrons. The van der Waals surface area contributed by atoms with E-state index in [-0.39, 0.29) is 5.82 Å². The maximum absolute atomic E-state index is 13.1. The minimum atomic E-state index is -0.797. The van der Waals surface area contributed by atoms with Crippen LogP contribution < -0.4 is 0 Å². The molecular formula is C13H17BrFNO2. The fourth-order valence-corrected chi connectivity index (χ4v) is 2.09. The van der Waals surface area contributed by atoms with Crippen LogP contribution in [0.2, 0.25) is 0 Å². The smallest absolute Gasteiger partial charge is 0.307 e. The van der Waals surface area contributed by atoms with Gasteiger partial charge in [0, 0.05) is 13.1 Å². The minimum Gasteiger partial charge on any atom is -0.481 e. The van der Waals surface area contributed by atoms with Crippen molar-refractivity contribution in [3.8, 4) is 0 Å². The molecule has 1 unspecified atom stereocenters. The molecule has 0 aliphatic carbocycles. The molecule has 18 heavy (non-hydrogen) atoms. The summed E-state index contributed by atoms with van der Waals surface area (Å²) in [4.78, 5) is 12.8. The zero-order chi connectivity index (χ0) is 13.7. The highest BCUT2D eigenvalue weighted by Crippen LogP contribution is 2.18. The Morgan fingerprint density at radius 1 is 1.56 bits per heavy atom. The highest BCUT2D eigenvalue weighted by molar-refractivity contribution is 9.10. The molecule has 0 amide bonds. The second kappa shape index (κ2) is 6.85. The van der Waals surface area contributed by atoms with E-state index in [1.807, 2.05) is 11.8 Å². The largest absolute Gasteiger partial charge is 0.481 e. The van der Waals surface area contributed by atoms with Crippen LogP contribution in [0, 0.1) is 11.7 Å². The topological polar surface area (TPSA) is 40.5 Å². The van der Waals surface area contributed by atoms with Gasteiger partial charge < -0.3 is 5.11 Å². The third-order valence-corrected chi connectivity index (χ3v) is 3.40. The molecule has 0 saturated carbocycles. The zero-order valence-corrected chi connectivity index (χ0v) is 12.1. The van der Waals surface area contributed by atoms with Crippen molar-refractivity contribution in [3.63, 3.8) is 0 Å². The van der Waals surface area contributed by atoms with E-state index in [0.29, 0.717) is 17.6 Å². The van der Waals surface area contributed by atoms with Crippen molar-refractivity contribution < 1.29 is 14.3 Å². The summed E-state index contributed by atoms with van der Waals surface area (Å²) in [7, 11) is 0. The summed E-state index contributed by atoms with van der Waals surface area (Å²) in [5, 5.41) is 8.89. The molecular weight excluding hydrogens is 301 g/mol. The van der Waals surface area contributed by atoms with Gasteiger partial charge in [0.15, 0.2) is 0 Å². The van der Waals surface area contributed by atoms with E-state index in [0.717, 1.165) is 12.1 Å². The fraction of sp³-hybridized carbons (Fsp3) is 0.462. The molecule has 1 N–H and O–H groups in total. The first-order chi connectivity index (χ1) is 8.43. The Balaban J connectivity index is 2.67. The molecule has 0 fully saturated rings. The lowest BCUT2D eigenvalue weighted by Crippen LogP contribution is -2.31. The van der Waals surface area contributed by atoms with Gasteiger partial charge in [-0.3, -0.25) is 9.69 Å². The predicted octanol–water partition coefficient (Wildman–Crippen LogP) is 3.13. The van der Waals surface area contributed by atoms with Crippen LogP contribution >= 0.6 is 15.9 Å². The maximum Gasteiger partial charge on any atom is 0.307 e. The van der Waals surface area contributed by atoms with Gasteiger partial charge in [0.25, 0.3) is 0 Å².